The van der Waals surface area contributed by atoms with E-state index in [1.807, 2.05) is 0 Å². The number of nitrogens with one attached hydrogen (secondary N) is 1. The van der Waals surface area contributed by atoms with Crippen LogP contribution >= 0.6 is 0 Å². The first-order valence-electron chi connectivity index (χ1n) is 7.03. The van der Waals surface area contributed by atoms with Crippen molar-refractivity contribution in [1.82, 2.24) is 9.03 Å². The van der Waals surface area contributed by atoms with Gasteiger partial charge in [-0.3, -0.25) is 4.79 Å². The predicted molar refractivity (Wildman–Crippen MR) is 77.3 cm³/mol. The van der Waals surface area contributed by atoms with Crippen molar-refractivity contribution in [3.63, 3.8) is 0 Å². The van der Waals surface area contributed by atoms with Gasteiger partial charge in [0.1, 0.15) is 11.6 Å². The van der Waals surface area contributed by atoms with Gasteiger partial charge in [0.25, 0.3) is 10.2 Å². The molecule has 0 bridgehead atoms. The molecule has 20 heavy (non-hydrogen) atoms. The Labute approximate surface area is 122 Å². The lowest BCUT2D eigenvalue weighted by Crippen LogP contribution is -2.51. The van der Waals surface area contributed by atoms with Crippen molar-refractivity contribution in [2.24, 2.45) is 5.92 Å². The van der Waals surface area contributed by atoms with Crippen LogP contribution in [0.4, 0.5) is 0 Å². The zero-order valence-corrected chi connectivity index (χ0v) is 13.8. The normalized spacial score (nSPS) is 19.3. The van der Waals surface area contributed by atoms with Crippen molar-refractivity contribution in [2.45, 2.75) is 59.1 Å². The van der Waals surface area contributed by atoms with E-state index in [1.54, 1.807) is 34.6 Å². The van der Waals surface area contributed by atoms with E-state index in [9.17, 15) is 13.2 Å². The van der Waals surface area contributed by atoms with Crippen LogP contribution in [0, 0.1) is 5.92 Å². The highest BCUT2D eigenvalue weighted by Gasteiger charge is 2.34. The number of rotatable bonds is 5. The Morgan fingerprint density at radius 2 is 1.70 bits per heavy atom. The van der Waals surface area contributed by atoms with Crippen LogP contribution in [0.5, 0.6) is 0 Å². The fraction of sp³-hybridized carbons (Fsp3) is 0.923. The summed E-state index contributed by atoms with van der Waals surface area (Å²) in [5.74, 6) is -0.711. The summed E-state index contributed by atoms with van der Waals surface area (Å²) in [5.41, 5.74) is -0.636. The first-order valence-corrected chi connectivity index (χ1v) is 8.47. The molecule has 0 aromatic carbocycles. The van der Waals surface area contributed by atoms with Gasteiger partial charge in [-0.15, -0.1) is 0 Å². The van der Waals surface area contributed by atoms with E-state index in [-0.39, 0.29) is 5.92 Å². The van der Waals surface area contributed by atoms with Crippen molar-refractivity contribution >= 4 is 16.2 Å². The Morgan fingerprint density at radius 1 is 1.20 bits per heavy atom. The minimum atomic E-state index is -3.62. The summed E-state index contributed by atoms with van der Waals surface area (Å²) in [4.78, 5) is 12.1. The van der Waals surface area contributed by atoms with Crippen LogP contribution in [0.3, 0.4) is 0 Å². The molecule has 0 aliphatic carbocycles. The molecule has 1 fully saturated rings. The van der Waals surface area contributed by atoms with Crippen molar-refractivity contribution < 1.29 is 17.9 Å². The summed E-state index contributed by atoms with van der Waals surface area (Å²) < 4.78 is 33.6. The fourth-order valence-corrected chi connectivity index (χ4v) is 3.56. The van der Waals surface area contributed by atoms with Crippen LogP contribution in [0.15, 0.2) is 0 Å². The highest BCUT2D eigenvalue weighted by atomic mass is 32.2. The second-order valence-electron chi connectivity index (χ2n) is 6.48. The van der Waals surface area contributed by atoms with E-state index in [4.69, 9.17) is 4.74 Å². The lowest BCUT2D eigenvalue weighted by atomic mass is 10.1. The van der Waals surface area contributed by atoms with Crippen LogP contribution in [0.25, 0.3) is 0 Å². The smallest absolute Gasteiger partial charge is 0.325 e. The van der Waals surface area contributed by atoms with Crippen LogP contribution < -0.4 is 4.72 Å². The molecule has 1 aliphatic rings. The molecule has 6 nitrogen and oxygen atoms in total. The van der Waals surface area contributed by atoms with Gasteiger partial charge in [-0.05, 0) is 39.5 Å². The SMILES string of the molecule is CC(C)[C@@H](NS(=O)(=O)N1CCCC1)C(=O)OC(C)(C)C. The summed E-state index contributed by atoms with van der Waals surface area (Å²) >= 11 is 0. The van der Waals surface area contributed by atoms with Crippen LogP contribution in [-0.4, -0.2) is 43.4 Å². The maximum Gasteiger partial charge on any atom is 0.325 e. The number of hydrogen-bond acceptors (Lipinski definition) is 4. The van der Waals surface area contributed by atoms with E-state index < -0.39 is 27.8 Å². The van der Waals surface area contributed by atoms with E-state index >= 15 is 0 Å². The van der Waals surface area contributed by atoms with E-state index in [1.165, 1.54) is 4.31 Å². The number of carbonyl (C=O) groups is 1. The molecule has 0 unspecified atom stereocenters. The largest absolute Gasteiger partial charge is 0.459 e. The van der Waals surface area contributed by atoms with E-state index in [0.717, 1.165) is 12.8 Å². The van der Waals surface area contributed by atoms with Crippen LogP contribution in [-0.2, 0) is 19.7 Å². The molecule has 0 saturated carbocycles. The monoisotopic (exact) mass is 306 g/mol. The van der Waals surface area contributed by atoms with Gasteiger partial charge < -0.3 is 4.74 Å². The number of hydrogen-bond donors (Lipinski definition) is 1. The molecule has 1 atom stereocenters. The van der Waals surface area contributed by atoms with Gasteiger partial charge in [0.15, 0.2) is 0 Å². The first kappa shape index (κ1) is 17.4. The zero-order chi connectivity index (χ0) is 15.6. The number of carbonyl (C=O) groups excluding carboxylic acids is 1. The molecule has 1 saturated heterocycles. The number of esters is 1. The molecule has 0 radical (unpaired) electrons. The van der Waals surface area contributed by atoms with E-state index in [0.29, 0.717) is 13.1 Å². The molecule has 1 N–H and O–H groups in total. The second-order valence-corrected chi connectivity index (χ2v) is 8.19. The average molecular weight is 306 g/mol. The Morgan fingerprint density at radius 3 is 2.10 bits per heavy atom. The lowest BCUT2D eigenvalue weighted by molar-refractivity contribution is -0.158. The molecule has 1 heterocycles. The molecule has 7 heteroatoms. The minimum Gasteiger partial charge on any atom is -0.459 e. The highest BCUT2D eigenvalue weighted by Crippen LogP contribution is 2.16. The lowest BCUT2D eigenvalue weighted by Gasteiger charge is -2.27. The van der Waals surface area contributed by atoms with Crippen molar-refractivity contribution in [3.05, 3.63) is 0 Å². The van der Waals surface area contributed by atoms with E-state index in [2.05, 4.69) is 4.72 Å². The van der Waals surface area contributed by atoms with Crippen LogP contribution in [0.2, 0.25) is 0 Å². The third-order valence-electron chi connectivity index (χ3n) is 3.01. The third kappa shape index (κ3) is 5.03. The zero-order valence-electron chi connectivity index (χ0n) is 13.0. The Hall–Kier alpha value is -0.660. The first-order chi connectivity index (χ1) is 9.03. The van der Waals surface area contributed by atoms with Gasteiger partial charge in [0, 0.05) is 13.1 Å². The molecule has 0 aromatic heterocycles. The van der Waals surface area contributed by atoms with Gasteiger partial charge in [-0.1, -0.05) is 13.8 Å². The topological polar surface area (TPSA) is 75.7 Å². The Balaban J connectivity index is 2.79. The maximum absolute atomic E-state index is 12.2. The van der Waals surface area contributed by atoms with Crippen LogP contribution in [0.1, 0.15) is 47.5 Å². The van der Waals surface area contributed by atoms with Gasteiger partial charge >= 0.3 is 5.97 Å². The molecular weight excluding hydrogens is 280 g/mol. The predicted octanol–water partition coefficient (Wildman–Crippen LogP) is 1.28. The summed E-state index contributed by atoms with van der Waals surface area (Å²) in [5, 5.41) is 0. The molecule has 1 rings (SSSR count). The van der Waals surface area contributed by atoms with Gasteiger partial charge in [-0.2, -0.15) is 17.4 Å². The fourth-order valence-electron chi connectivity index (χ4n) is 1.99. The second kappa shape index (κ2) is 6.41. The molecule has 1 aliphatic heterocycles. The molecule has 0 spiro atoms. The maximum atomic E-state index is 12.2. The standard InChI is InChI=1S/C13H26N2O4S/c1-10(2)11(12(16)19-13(3,4)5)14-20(17,18)15-8-6-7-9-15/h10-11,14H,6-9H2,1-5H3/t11-/m1/s1. The van der Waals surface area contributed by atoms with Crippen molar-refractivity contribution in [2.75, 3.05) is 13.1 Å². The van der Waals surface area contributed by atoms with Gasteiger partial charge in [0.2, 0.25) is 0 Å². The quantitative estimate of drug-likeness (QED) is 0.776. The minimum absolute atomic E-state index is 0.178. The summed E-state index contributed by atoms with van der Waals surface area (Å²) in [7, 11) is -3.62. The molecular formula is C13H26N2O4S. The number of ether oxygens (including phenoxy) is 1. The van der Waals surface area contributed by atoms with Crippen molar-refractivity contribution in [1.29, 1.82) is 0 Å². The molecule has 0 amide bonds. The molecule has 118 valence electrons. The Kier molecular flexibility index (Phi) is 5.57. The number of nitrogens with zero attached hydrogens (tertiary/aromatic N) is 1. The summed E-state index contributed by atoms with van der Waals surface area (Å²) in [6, 6.07) is -0.861. The van der Waals surface area contributed by atoms with Gasteiger partial charge in [0.05, 0.1) is 0 Å². The van der Waals surface area contributed by atoms with Crippen molar-refractivity contribution in [3.8, 4) is 0 Å². The molecule has 0 aromatic rings. The Bertz CT molecular complexity index is 434. The average Bonchev–Trinajstić information content (AvgIpc) is 2.76. The summed E-state index contributed by atoms with van der Waals surface area (Å²) in [6.45, 7) is 9.89. The van der Waals surface area contributed by atoms with Gasteiger partial charge in [-0.25, -0.2) is 0 Å². The third-order valence-corrected chi connectivity index (χ3v) is 4.61. The summed E-state index contributed by atoms with van der Waals surface area (Å²) in [6.07, 6.45) is 1.72. The highest BCUT2D eigenvalue weighted by molar-refractivity contribution is 7.87.